The molecule has 1 aliphatic rings. The Labute approximate surface area is 137 Å². The topological polar surface area (TPSA) is 55.6 Å². The Morgan fingerprint density at radius 3 is 2.57 bits per heavy atom. The van der Waals surface area contributed by atoms with Crippen LogP contribution in [0.15, 0.2) is 24.3 Å². The van der Waals surface area contributed by atoms with E-state index in [9.17, 15) is 9.18 Å². The van der Waals surface area contributed by atoms with Gasteiger partial charge in [-0.2, -0.15) is 0 Å². The molecule has 2 atom stereocenters. The van der Waals surface area contributed by atoms with Crippen molar-refractivity contribution in [2.45, 2.75) is 57.6 Å². The minimum absolute atomic E-state index is 0.00550. The van der Waals surface area contributed by atoms with Crippen molar-refractivity contribution in [1.82, 2.24) is 4.90 Å². The number of benzene rings is 1. The Bertz CT molecular complexity index is 525. The third-order valence-electron chi connectivity index (χ3n) is 4.19. The van der Waals surface area contributed by atoms with Crippen LogP contribution in [0, 0.1) is 5.82 Å². The summed E-state index contributed by atoms with van der Waals surface area (Å²) in [6, 6.07) is 6.40. The molecule has 1 fully saturated rings. The van der Waals surface area contributed by atoms with E-state index < -0.39 is 5.60 Å². The highest BCUT2D eigenvalue weighted by Crippen LogP contribution is 2.31. The lowest BCUT2D eigenvalue weighted by Crippen LogP contribution is -2.50. The van der Waals surface area contributed by atoms with Crippen molar-refractivity contribution in [2.75, 3.05) is 13.1 Å². The van der Waals surface area contributed by atoms with Crippen LogP contribution >= 0.6 is 0 Å². The zero-order chi connectivity index (χ0) is 17.0. The summed E-state index contributed by atoms with van der Waals surface area (Å²) in [5.41, 5.74) is 6.44. The number of halogens is 1. The maximum atomic E-state index is 13.2. The lowest BCUT2D eigenvalue weighted by atomic mass is 9.85. The fourth-order valence-corrected chi connectivity index (χ4v) is 3.15. The molecular formula is C18H27FN2O2. The molecule has 1 aromatic carbocycles. The van der Waals surface area contributed by atoms with Crippen LogP contribution in [0.2, 0.25) is 0 Å². The Morgan fingerprint density at radius 1 is 1.35 bits per heavy atom. The second kappa shape index (κ2) is 7.30. The van der Waals surface area contributed by atoms with Crippen molar-refractivity contribution in [2.24, 2.45) is 5.73 Å². The van der Waals surface area contributed by atoms with Crippen molar-refractivity contribution in [1.29, 1.82) is 0 Å². The average Bonchev–Trinajstić information content (AvgIpc) is 2.48. The van der Waals surface area contributed by atoms with Crippen LogP contribution < -0.4 is 5.73 Å². The highest BCUT2D eigenvalue weighted by Gasteiger charge is 2.35. The summed E-state index contributed by atoms with van der Waals surface area (Å²) in [4.78, 5) is 14.3. The van der Waals surface area contributed by atoms with Gasteiger partial charge in [0.05, 0.1) is 0 Å². The van der Waals surface area contributed by atoms with E-state index >= 15 is 0 Å². The maximum absolute atomic E-state index is 13.2. The predicted octanol–water partition coefficient (Wildman–Crippen LogP) is 3.66. The van der Waals surface area contributed by atoms with Gasteiger partial charge in [0, 0.05) is 25.0 Å². The molecule has 0 aromatic heterocycles. The zero-order valence-electron chi connectivity index (χ0n) is 14.2. The van der Waals surface area contributed by atoms with Gasteiger partial charge in [0.2, 0.25) is 0 Å². The van der Waals surface area contributed by atoms with Gasteiger partial charge >= 0.3 is 6.09 Å². The number of carbonyl (C=O) groups is 1. The second-order valence-corrected chi connectivity index (χ2v) is 7.13. The van der Waals surface area contributed by atoms with Crippen LogP contribution in [0.5, 0.6) is 0 Å². The first kappa shape index (κ1) is 17.7. The van der Waals surface area contributed by atoms with Crippen LogP contribution in [-0.2, 0) is 4.74 Å². The first-order valence-corrected chi connectivity index (χ1v) is 8.27. The van der Waals surface area contributed by atoms with Crippen molar-refractivity contribution >= 4 is 6.09 Å². The van der Waals surface area contributed by atoms with Gasteiger partial charge in [0.1, 0.15) is 11.4 Å². The van der Waals surface area contributed by atoms with Crippen LogP contribution in [0.4, 0.5) is 9.18 Å². The van der Waals surface area contributed by atoms with Crippen LogP contribution in [0.3, 0.4) is 0 Å². The molecule has 2 rings (SSSR count). The standard InChI is InChI=1S/C18H27FN2O2/c1-18(2,3)23-17(22)21-11-5-4-6-16(21)15(12-20)13-7-9-14(19)10-8-13/h7-10,15-16H,4-6,11-12,20H2,1-3H3. The Balaban J connectivity index is 2.21. The molecule has 5 heteroatoms. The minimum atomic E-state index is -0.521. The minimum Gasteiger partial charge on any atom is -0.444 e. The molecule has 128 valence electrons. The SMILES string of the molecule is CC(C)(C)OC(=O)N1CCCCC1C(CN)c1ccc(F)cc1. The summed E-state index contributed by atoms with van der Waals surface area (Å²) in [5, 5.41) is 0. The number of nitrogens with zero attached hydrogens (tertiary/aromatic N) is 1. The van der Waals surface area contributed by atoms with E-state index in [0.717, 1.165) is 24.8 Å². The van der Waals surface area contributed by atoms with Gasteiger partial charge in [-0.15, -0.1) is 0 Å². The Hall–Kier alpha value is -1.62. The molecule has 0 radical (unpaired) electrons. The summed E-state index contributed by atoms with van der Waals surface area (Å²) in [6.45, 7) is 6.69. The van der Waals surface area contributed by atoms with Crippen LogP contribution in [0.25, 0.3) is 0 Å². The fraction of sp³-hybridized carbons (Fsp3) is 0.611. The van der Waals surface area contributed by atoms with E-state index in [1.165, 1.54) is 12.1 Å². The third-order valence-corrected chi connectivity index (χ3v) is 4.19. The number of hydrogen-bond acceptors (Lipinski definition) is 3. The molecular weight excluding hydrogens is 295 g/mol. The van der Waals surface area contributed by atoms with E-state index in [1.54, 1.807) is 17.0 Å². The van der Waals surface area contributed by atoms with E-state index in [1.807, 2.05) is 20.8 Å². The molecule has 1 aliphatic heterocycles. The van der Waals surface area contributed by atoms with Crippen molar-refractivity contribution < 1.29 is 13.9 Å². The zero-order valence-corrected chi connectivity index (χ0v) is 14.2. The molecule has 4 nitrogen and oxygen atoms in total. The number of ether oxygens (including phenoxy) is 1. The summed E-state index contributed by atoms with van der Waals surface area (Å²) in [7, 11) is 0. The molecule has 1 amide bonds. The van der Waals surface area contributed by atoms with Crippen molar-refractivity contribution in [3.63, 3.8) is 0 Å². The molecule has 0 spiro atoms. The van der Waals surface area contributed by atoms with Gasteiger partial charge in [-0.1, -0.05) is 12.1 Å². The maximum Gasteiger partial charge on any atom is 0.410 e. The predicted molar refractivity (Wildman–Crippen MR) is 88.8 cm³/mol. The molecule has 2 unspecified atom stereocenters. The molecule has 2 N–H and O–H groups in total. The number of nitrogens with two attached hydrogens (primary N) is 1. The Kier molecular flexibility index (Phi) is 5.63. The number of amides is 1. The number of rotatable bonds is 3. The van der Waals surface area contributed by atoms with Crippen molar-refractivity contribution in [3.8, 4) is 0 Å². The van der Waals surface area contributed by atoms with Gasteiger partial charge in [0.25, 0.3) is 0 Å². The van der Waals surface area contributed by atoms with Gasteiger partial charge in [-0.3, -0.25) is 0 Å². The van der Waals surface area contributed by atoms with Gasteiger partial charge in [0.15, 0.2) is 0 Å². The van der Waals surface area contributed by atoms with E-state index in [4.69, 9.17) is 10.5 Å². The second-order valence-electron chi connectivity index (χ2n) is 7.13. The summed E-state index contributed by atoms with van der Waals surface area (Å²) in [5.74, 6) is -0.277. The van der Waals surface area contributed by atoms with E-state index in [-0.39, 0.29) is 23.9 Å². The van der Waals surface area contributed by atoms with Crippen LogP contribution in [0.1, 0.15) is 51.5 Å². The lowest BCUT2D eigenvalue weighted by molar-refractivity contribution is 0.00664. The number of likely N-dealkylation sites (tertiary alicyclic amines) is 1. The van der Waals surface area contributed by atoms with Gasteiger partial charge in [-0.05, 0) is 57.7 Å². The molecule has 1 saturated heterocycles. The van der Waals surface area contributed by atoms with E-state index in [2.05, 4.69) is 0 Å². The van der Waals surface area contributed by atoms with Crippen molar-refractivity contribution in [3.05, 3.63) is 35.6 Å². The quantitative estimate of drug-likeness (QED) is 0.924. The summed E-state index contributed by atoms with van der Waals surface area (Å²) >= 11 is 0. The molecule has 23 heavy (non-hydrogen) atoms. The molecule has 1 heterocycles. The van der Waals surface area contributed by atoms with E-state index in [0.29, 0.717) is 13.1 Å². The first-order valence-electron chi connectivity index (χ1n) is 8.27. The smallest absolute Gasteiger partial charge is 0.410 e. The largest absolute Gasteiger partial charge is 0.444 e. The monoisotopic (exact) mass is 322 g/mol. The first-order chi connectivity index (χ1) is 10.8. The Morgan fingerprint density at radius 2 is 2.00 bits per heavy atom. The number of carbonyl (C=O) groups excluding carboxylic acids is 1. The van der Waals surface area contributed by atoms with Crippen LogP contribution in [-0.4, -0.2) is 35.7 Å². The van der Waals surface area contributed by atoms with Gasteiger partial charge < -0.3 is 15.4 Å². The highest BCUT2D eigenvalue weighted by molar-refractivity contribution is 5.69. The third kappa shape index (κ3) is 4.67. The lowest BCUT2D eigenvalue weighted by Gasteiger charge is -2.40. The highest BCUT2D eigenvalue weighted by atomic mass is 19.1. The molecule has 1 aromatic rings. The molecule has 0 saturated carbocycles. The summed E-state index contributed by atoms with van der Waals surface area (Å²) in [6.07, 6.45) is 2.62. The molecule has 0 aliphatic carbocycles. The average molecular weight is 322 g/mol. The fourth-order valence-electron chi connectivity index (χ4n) is 3.15. The van der Waals surface area contributed by atoms with Gasteiger partial charge in [-0.25, -0.2) is 9.18 Å². The summed E-state index contributed by atoms with van der Waals surface area (Å²) < 4.78 is 18.7. The normalized spacial score (nSPS) is 20.2. The molecule has 0 bridgehead atoms. The number of piperidine rings is 1. The number of hydrogen-bond donors (Lipinski definition) is 1.